The van der Waals surface area contributed by atoms with Gasteiger partial charge in [0.1, 0.15) is 17.1 Å². The van der Waals surface area contributed by atoms with Crippen molar-refractivity contribution in [1.82, 2.24) is 4.90 Å². The van der Waals surface area contributed by atoms with Crippen LogP contribution in [0.1, 0.15) is 19.8 Å². The number of carboxylic acid groups (broad SMARTS) is 1. The average molecular weight is 242 g/mol. The number of hydrogen-bond donors (Lipinski definition) is 2. The van der Waals surface area contributed by atoms with Crippen LogP contribution < -0.4 is 5.73 Å². The first kappa shape index (κ1) is 11.5. The van der Waals surface area contributed by atoms with E-state index in [9.17, 15) is 9.59 Å². The summed E-state index contributed by atoms with van der Waals surface area (Å²) >= 11 is 1.55. The van der Waals surface area contributed by atoms with Crippen LogP contribution in [0, 0.1) is 0 Å². The maximum Gasteiger partial charge on any atom is 0.352 e. The molecule has 1 fully saturated rings. The molecule has 2 atom stereocenters. The van der Waals surface area contributed by atoms with E-state index in [1.807, 2.05) is 6.92 Å². The Morgan fingerprint density at radius 2 is 2.38 bits per heavy atom. The van der Waals surface area contributed by atoms with Gasteiger partial charge in [0.2, 0.25) is 5.91 Å². The van der Waals surface area contributed by atoms with Crippen molar-refractivity contribution in [2.24, 2.45) is 5.73 Å². The Bertz CT molecular complexity index is 380. The first-order valence-electron chi connectivity index (χ1n) is 5.23. The minimum absolute atomic E-state index is 0.164. The number of nitrogens with two attached hydrogens (primary N) is 1. The minimum Gasteiger partial charge on any atom is -0.477 e. The lowest BCUT2D eigenvalue weighted by atomic mass is 10.0. The molecular formula is C10H14N2O3S. The average Bonchev–Trinajstić information content (AvgIpc) is 2.27. The molecular weight excluding hydrogens is 228 g/mol. The highest BCUT2D eigenvalue weighted by Gasteiger charge is 2.51. The number of nitrogens with zero attached hydrogens (tertiary/aromatic N) is 1. The Hall–Kier alpha value is -1.01. The van der Waals surface area contributed by atoms with Gasteiger partial charge >= 0.3 is 5.97 Å². The van der Waals surface area contributed by atoms with Crippen molar-refractivity contribution in [2.75, 3.05) is 5.75 Å². The van der Waals surface area contributed by atoms with Crippen molar-refractivity contribution < 1.29 is 14.7 Å². The molecule has 16 heavy (non-hydrogen) atoms. The molecule has 1 amide bonds. The third kappa shape index (κ3) is 1.53. The van der Waals surface area contributed by atoms with E-state index in [1.165, 1.54) is 4.90 Å². The van der Waals surface area contributed by atoms with Crippen LogP contribution in [-0.2, 0) is 9.59 Å². The van der Waals surface area contributed by atoms with Crippen LogP contribution in [0.15, 0.2) is 11.3 Å². The van der Waals surface area contributed by atoms with Gasteiger partial charge in [0.05, 0.1) is 0 Å². The summed E-state index contributed by atoms with van der Waals surface area (Å²) < 4.78 is 0. The molecule has 0 aromatic heterocycles. The SMILES string of the molecule is CCCC1=C(C(=O)O)N2C(=O)C(N)[C@H]2SC1. The van der Waals surface area contributed by atoms with Crippen LogP contribution >= 0.6 is 11.8 Å². The molecule has 6 heteroatoms. The van der Waals surface area contributed by atoms with Crippen LogP contribution in [-0.4, -0.2) is 39.1 Å². The number of amides is 1. The zero-order valence-corrected chi connectivity index (χ0v) is 9.79. The second-order valence-electron chi connectivity index (χ2n) is 3.94. The summed E-state index contributed by atoms with van der Waals surface area (Å²) in [5, 5.41) is 8.98. The van der Waals surface area contributed by atoms with Gasteiger partial charge in [-0.05, 0) is 12.0 Å². The summed E-state index contributed by atoms with van der Waals surface area (Å²) in [6.07, 6.45) is 1.60. The zero-order valence-electron chi connectivity index (χ0n) is 8.97. The lowest BCUT2D eigenvalue weighted by Crippen LogP contribution is -2.68. The van der Waals surface area contributed by atoms with Gasteiger partial charge in [-0.25, -0.2) is 4.79 Å². The standard InChI is InChI=1S/C10H14N2O3S/c1-2-3-5-4-16-9-6(11)8(13)12(9)7(5)10(14)15/h6,9H,2-4,11H2,1H3,(H,14,15)/t6?,9-/m1/s1. The second-order valence-corrected chi connectivity index (χ2v) is 5.05. The molecule has 2 aliphatic rings. The Morgan fingerprint density at radius 1 is 1.69 bits per heavy atom. The number of hydrogen-bond acceptors (Lipinski definition) is 4. The third-order valence-corrected chi connectivity index (χ3v) is 4.20. The first-order valence-corrected chi connectivity index (χ1v) is 6.28. The maximum atomic E-state index is 11.6. The van der Waals surface area contributed by atoms with E-state index >= 15 is 0 Å². The molecule has 1 unspecified atom stereocenters. The van der Waals surface area contributed by atoms with Crippen molar-refractivity contribution in [3.8, 4) is 0 Å². The van der Waals surface area contributed by atoms with Crippen molar-refractivity contribution in [3.63, 3.8) is 0 Å². The van der Waals surface area contributed by atoms with Crippen LogP contribution in [0.4, 0.5) is 0 Å². The molecule has 88 valence electrons. The molecule has 2 aliphatic heterocycles. The summed E-state index contributed by atoms with van der Waals surface area (Å²) in [5.41, 5.74) is 6.64. The van der Waals surface area contributed by atoms with Gasteiger partial charge in [0.15, 0.2) is 0 Å². The highest BCUT2D eigenvalue weighted by Crippen LogP contribution is 2.40. The molecule has 5 nitrogen and oxygen atoms in total. The van der Waals surface area contributed by atoms with Crippen LogP contribution in [0.25, 0.3) is 0 Å². The molecule has 1 saturated heterocycles. The number of carbonyl (C=O) groups is 2. The van der Waals surface area contributed by atoms with Gasteiger partial charge in [-0.1, -0.05) is 13.3 Å². The Morgan fingerprint density at radius 3 is 2.94 bits per heavy atom. The largest absolute Gasteiger partial charge is 0.477 e. The van der Waals surface area contributed by atoms with E-state index in [4.69, 9.17) is 10.8 Å². The fourth-order valence-electron chi connectivity index (χ4n) is 2.07. The smallest absolute Gasteiger partial charge is 0.352 e. The molecule has 0 spiro atoms. The molecule has 0 bridgehead atoms. The number of carboxylic acids is 1. The predicted molar refractivity (Wildman–Crippen MR) is 60.6 cm³/mol. The third-order valence-electron chi connectivity index (χ3n) is 2.84. The van der Waals surface area contributed by atoms with Gasteiger partial charge in [0.25, 0.3) is 0 Å². The Kier molecular flexibility index (Phi) is 2.94. The Balaban J connectivity index is 2.34. The minimum atomic E-state index is -1.02. The van der Waals surface area contributed by atoms with Gasteiger partial charge in [0, 0.05) is 5.75 Å². The van der Waals surface area contributed by atoms with Gasteiger partial charge < -0.3 is 10.8 Å². The van der Waals surface area contributed by atoms with Gasteiger partial charge in [-0.3, -0.25) is 9.69 Å². The molecule has 2 heterocycles. The summed E-state index contributed by atoms with van der Waals surface area (Å²) in [6.45, 7) is 1.99. The molecule has 2 rings (SSSR count). The zero-order chi connectivity index (χ0) is 11.9. The highest BCUT2D eigenvalue weighted by molar-refractivity contribution is 8.00. The van der Waals surface area contributed by atoms with Crippen molar-refractivity contribution in [3.05, 3.63) is 11.3 Å². The molecule has 0 aromatic carbocycles. The second kappa shape index (κ2) is 4.10. The van der Waals surface area contributed by atoms with E-state index in [2.05, 4.69) is 0 Å². The van der Waals surface area contributed by atoms with Crippen molar-refractivity contribution in [1.29, 1.82) is 0 Å². The van der Waals surface area contributed by atoms with Crippen LogP contribution in [0.3, 0.4) is 0 Å². The molecule has 0 aromatic rings. The highest BCUT2D eigenvalue weighted by atomic mass is 32.2. The topological polar surface area (TPSA) is 83.6 Å². The van der Waals surface area contributed by atoms with E-state index in [0.29, 0.717) is 5.75 Å². The number of rotatable bonds is 3. The predicted octanol–water partition coefficient (Wildman–Crippen LogP) is 0.368. The molecule has 3 N–H and O–H groups in total. The summed E-state index contributed by atoms with van der Waals surface area (Å²) in [4.78, 5) is 24.1. The van der Waals surface area contributed by atoms with Crippen LogP contribution in [0.2, 0.25) is 0 Å². The van der Waals surface area contributed by atoms with Gasteiger partial charge in [-0.15, -0.1) is 11.8 Å². The van der Waals surface area contributed by atoms with Crippen LogP contribution in [0.5, 0.6) is 0 Å². The molecule has 0 saturated carbocycles. The number of carbonyl (C=O) groups excluding carboxylic acids is 1. The number of β-lactam (4-membered cyclic amide) rings is 1. The Labute approximate surface area is 97.7 Å². The van der Waals surface area contributed by atoms with E-state index in [0.717, 1.165) is 18.4 Å². The summed E-state index contributed by atoms with van der Waals surface area (Å²) in [5.74, 6) is -0.630. The number of aliphatic carboxylic acids is 1. The lowest BCUT2D eigenvalue weighted by molar-refractivity contribution is -0.148. The fraction of sp³-hybridized carbons (Fsp3) is 0.600. The number of fused-ring (bicyclic) bond motifs is 1. The fourth-order valence-corrected chi connectivity index (χ4v) is 3.41. The van der Waals surface area contributed by atoms with E-state index in [-0.39, 0.29) is 17.0 Å². The lowest BCUT2D eigenvalue weighted by Gasteiger charge is -2.48. The first-order chi connectivity index (χ1) is 7.57. The maximum absolute atomic E-state index is 11.6. The normalized spacial score (nSPS) is 28.9. The van der Waals surface area contributed by atoms with Gasteiger partial charge in [-0.2, -0.15) is 0 Å². The van der Waals surface area contributed by atoms with E-state index < -0.39 is 12.0 Å². The van der Waals surface area contributed by atoms with Crippen molar-refractivity contribution >= 4 is 23.6 Å². The number of thioether (sulfide) groups is 1. The summed E-state index contributed by atoms with van der Waals surface area (Å²) in [7, 11) is 0. The molecule has 0 radical (unpaired) electrons. The quantitative estimate of drug-likeness (QED) is 0.698. The van der Waals surface area contributed by atoms with Crippen molar-refractivity contribution in [2.45, 2.75) is 31.2 Å². The van der Waals surface area contributed by atoms with E-state index in [1.54, 1.807) is 11.8 Å². The monoisotopic (exact) mass is 242 g/mol. The molecule has 0 aliphatic carbocycles. The summed E-state index contributed by atoms with van der Waals surface area (Å²) in [6, 6.07) is -0.539.